The topological polar surface area (TPSA) is 49.9 Å². The number of thiol groups is 1. The van der Waals surface area contributed by atoms with Crippen LogP contribution in [-0.2, 0) is 0 Å². The van der Waals surface area contributed by atoms with Gasteiger partial charge in [-0.25, -0.2) is 4.98 Å². The third-order valence-electron chi connectivity index (χ3n) is 2.57. The van der Waals surface area contributed by atoms with Crippen LogP contribution in [0.2, 0.25) is 0 Å². The second-order valence-electron chi connectivity index (χ2n) is 4.01. The van der Waals surface area contributed by atoms with E-state index in [9.17, 15) is 0 Å². The molecule has 2 aromatic rings. The molecular formula is C13H14ClN3OS. The molecule has 6 heteroatoms. The molecular weight excluding hydrogens is 282 g/mol. The summed E-state index contributed by atoms with van der Waals surface area (Å²) in [6.07, 6.45) is 0. The lowest BCUT2D eigenvalue weighted by molar-refractivity contribution is 0.419. The van der Waals surface area contributed by atoms with Gasteiger partial charge in [0, 0.05) is 0 Å². The van der Waals surface area contributed by atoms with Crippen LogP contribution < -0.4 is 10.1 Å². The quantitative estimate of drug-likeness (QED) is 0.592. The van der Waals surface area contributed by atoms with Gasteiger partial charge in [0.1, 0.15) is 11.3 Å². The maximum Gasteiger partial charge on any atom is 0.205 e. The number of ether oxygens (including phenoxy) is 1. The molecule has 0 bridgehead atoms. The number of imidazole rings is 1. The number of rotatable bonds is 4. The molecule has 0 aliphatic heterocycles. The van der Waals surface area contributed by atoms with Gasteiger partial charge < -0.3 is 15.0 Å². The number of hydrogen-bond acceptors (Lipinski definition) is 4. The van der Waals surface area contributed by atoms with E-state index in [2.05, 4.69) is 34.5 Å². The minimum atomic E-state index is 0.333. The molecule has 0 amide bonds. The Morgan fingerprint density at radius 3 is 2.84 bits per heavy atom. The maximum absolute atomic E-state index is 5.90. The number of nitrogens with one attached hydrogen (secondary N) is 2. The minimum Gasteiger partial charge on any atom is -0.494 e. The smallest absolute Gasteiger partial charge is 0.205 e. The van der Waals surface area contributed by atoms with Gasteiger partial charge in [-0.15, -0.1) is 12.6 Å². The number of aromatic nitrogens is 2. The third kappa shape index (κ3) is 2.88. The van der Waals surface area contributed by atoms with Crippen LogP contribution in [-0.4, -0.2) is 17.1 Å². The summed E-state index contributed by atoms with van der Waals surface area (Å²) in [5, 5.41) is 3.07. The summed E-state index contributed by atoms with van der Waals surface area (Å²) in [4.78, 5) is 7.57. The molecule has 0 aliphatic rings. The third-order valence-corrected chi connectivity index (χ3v) is 2.98. The summed E-state index contributed by atoms with van der Waals surface area (Å²) >= 11 is 10.0. The standard InChI is InChI=1S/C13H14ClN3OS/c1-7(2)10(12(14)19)16-13-15-8-5-4-6-9(18-3)11(8)17-13/h4-6,19H,1H2,2-3H3,(H2,15,16,17)/b12-10+. The van der Waals surface area contributed by atoms with Crippen LogP contribution in [0.4, 0.5) is 5.95 Å². The second-order valence-corrected chi connectivity index (χ2v) is 5.10. The van der Waals surface area contributed by atoms with E-state index in [-0.39, 0.29) is 0 Å². The van der Waals surface area contributed by atoms with Gasteiger partial charge in [0.25, 0.3) is 0 Å². The number of halogens is 1. The predicted octanol–water partition coefficient (Wildman–Crippen LogP) is 3.90. The average molecular weight is 296 g/mol. The first-order chi connectivity index (χ1) is 9.02. The highest BCUT2D eigenvalue weighted by molar-refractivity contribution is 7.86. The van der Waals surface area contributed by atoms with E-state index in [0.29, 0.717) is 21.8 Å². The summed E-state index contributed by atoms with van der Waals surface area (Å²) in [7, 11) is 1.61. The molecule has 1 aromatic carbocycles. The van der Waals surface area contributed by atoms with E-state index in [1.807, 2.05) is 25.1 Å². The number of fused-ring (bicyclic) bond motifs is 1. The molecule has 4 nitrogen and oxygen atoms in total. The maximum atomic E-state index is 5.90. The summed E-state index contributed by atoms with van der Waals surface area (Å²) in [5.41, 5.74) is 3.03. The molecule has 0 spiro atoms. The molecule has 0 fully saturated rings. The Morgan fingerprint density at radius 1 is 1.53 bits per heavy atom. The minimum absolute atomic E-state index is 0.333. The van der Waals surface area contributed by atoms with E-state index in [1.165, 1.54) is 0 Å². The number of H-pyrrole nitrogens is 1. The first-order valence-corrected chi connectivity index (χ1v) is 6.39. The molecule has 2 N–H and O–H groups in total. The van der Waals surface area contributed by atoms with Crippen molar-refractivity contribution in [2.75, 3.05) is 12.4 Å². The van der Waals surface area contributed by atoms with E-state index >= 15 is 0 Å². The van der Waals surface area contributed by atoms with Gasteiger partial charge in [0.2, 0.25) is 5.95 Å². The van der Waals surface area contributed by atoms with Crippen LogP contribution >= 0.6 is 24.2 Å². The van der Waals surface area contributed by atoms with Gasteiger partial charge in [-0.2, -0.15) is 0 Å². The van der Waals surface area contributed by atoms with Gasteiger partial charge in [0.05, 0.1) is 22.7 Å². The highest BCUT2D eigenvalue weighted by Crippen LogP contribution is 2.26. The normalized spacial score (nSPS) is 12.2. The Labute approximate surface area is 121 Å². The number of nitrogens with zero attached hydrogens (tertiary/aromatic N) is 1. The first-order valence-electron chi connectivity index (χ1n) is 5.57. The molecule has 0 atom stereocenters. The van der Waals surface area contributed by atoms with E-state index in [4.69, 9.17) is 16.3 Å². The average Bonchev–Trinajstić information content (AvgIpc) is 2.77. The summed E-state index contributed by atoms with van der Waals surface area (Å²) in [5.74, 6) is 1.27. The van der Waals surface area contributed by atoms with Crippen LogP contribution in [0.5, 0.6) is 5.75 Å². The lowest BCUT2D eigenvalue weighted by atomic mass is 10.3. The molecule has 0 aliphatic carbocycles. The van der Waals surface area contributed by atoms with Gasteiger partial charge in [0.15, 0.2) is 0 Å². The molecule has 2 rings (SSSR count). The zero-order chi connectivity index (χ0) is 14.0. The largest absolute Gasteiger partial charge is 0.494 e. The Hall–Kier alpha value is -1.59. The number of para-hydroxylation sites is 1. The zero-order valence-corrected chi connectivity index (χ0v) is 12.3. The zero-order valence-electron chi connectivity index (χ0n) is 10.6. The molecule has 0 unspecified atom stereocenters. The van der Waals surface area contributed by atoms with Crippen LogP contribution in [0.25, 0.3) is 11.0 Å². The van der Waals surface area contributed by atoms with Crippen molar-refractivity contribution in [1.82, 2.24) is 9.97 Å². The van der Waals surface area contributed by atoms with Gasteiger partial charge in [-0.3, -0.25) is 0 Å². The molecule has 0 saturated heterocycles. The van der Waals surface area contributed by atoms with Gasteiger partial charge in [-0.1, -0.05) is 24.2 Å². The van der Waals surface area contributed by atoms with E-state index in [0.717, 1.165) is 16.6 Å². The highest BCUT2D eigenvalue weighted by atomic mass is 35.5. The van der Waals surface area contributed by atoms with Crippen molar-refractivity contribution in [3.63, 3.8) is 0 Å². The lowest BCUT2D eigenvalue weighted by Crippen LogP contribution is -2.02. The fourth-order valence-electron chi connectivity index (χ4n) is 1.68. The number of anilines is 1. The number of allylic oxidation sites excluding steroid dienone is 1. The first kappa shape index (κ1) is 13.8. The fraction of sp³-hybridized carbons (Fsp3) is 0.154. The molecule has 1 heterocycles. The predicted molar refractivity (Wildman–Crippen MR) is 82.9 cm³/mol. The van der Waals surface area contributed by atoms with Crippen molar-refractivity contribution in [3.05, 3.63) is 40.4 Å². The van der Waals surface area contributed by atoms with Gasteiger partial charge in [-0.05, 0) is 24.6 Å². The van der Waals surface area contributed by atoms with Crippen LogP contribution in [0, 0.1) is 0 Å². The van der Waals surface area contributed by atoms with Crippen LogP contribution in [0.3, 0.4) is 0 Å². The second kappa shape index (κ2) is 5.59. The van der Waals surface area contributed by atoms with Crippen LogP contribution in [0.15, 0.2) is 40.4 Å². The lowest BCUT2D eigenvalue weighted by Gasteiger charge is -2.08. The van der Waals surface area contributed by atoms with E-state index < -0.39 is 0 Å². The summed E-state index contributed by atoms with van der Waals surface area (Å²) in [6, 6.07) is 5.67. The van der Waals surface area contributed by atoms with Gasteiger partial charge >= 0.3 is 0 Å². The van der Waals surface area contributed by atoms with Crippen molar-refractivity contribution in [2.45, 2.75) is 6.92 Å². The van der Waals surface area contributed by atoms with E-state index in [1.54, 1.807) is 7.11 Å². The fourth-order valence-corrected chi connectivity index (χ4v) is 2.14. The number of aromatic amines is 1. The Bertz CT molecular complexity index is 659. The number of methoxy groups -OCH3 is 1. The Morgan fingerprint density at radius 2 is 2.26 bits per heavy atom. The van der Waals surface area contributed by atoms with Crippen molar-refractivity contribution in [1.29, 1.82) is 0 Å². The van der Waals surface area contributed by atoms with Crippen molar-refractivity contribution >= 4 is 41.2 Å². The molecule has 0 radical (unpaired) electrons. The Kier molecular flexibility index (Phi) is 4.07. The SMILES string of the molecule is C=C(C)/C(Nc1nc2c(OC)cccc2[nH]1)=C(\S)Cl. The molecule has 100 valence electrons. The molecule has 19 heavy (non-hydrogen) atoms. The number of hydrogen-bond donors (Lipinski definition) is 3. The molecule has 0 saturated carbocycles. The summed E-state index contributed by atoms with van der Waals surface area (Å²) in [6.45, 7) is 5.68. The molecule has 1 aromatic heterocycles. The van der Waals surface area contributed by atoms with Crippen molar-refractivity contribution < 1.29 is 4.74 Å². The van der Waals surface area contributed by atoms with Crippen molar-refractivity contribution in [2.24, 2.45) is 0 Å². The summed E-state index contributed by atoms with van der Waals surface area (Å²) < 4.78 is 5.59. The monoisotopic (exact) mass is 295 g/mol. The Balaban J connectivity index is 2.42. The van der Waals surface area contributed by atoms with Crippen LogP contribution in [0.1, 0.15) is 6.92 Å². The highest BCUT2D eigenvalue weighted by Gasteiger charge is 2.10. The van der Waals surface area contributed by atoms with Crippen molar-refractivity contribution in [3.8, 4) is 5.75 Å². The number of benzene rings is 1.